The third-order valence-corrected chi connectivity index (χ3v) is 4.07. The summed E-state index contributed by atoms with van der Waals surface area (Å²) in [7, 11) is 0. The van der Waals surface area contributed by atoms with Crippen molar-refractivity contribution in [1.29, 1.82) is 0 Å². The molecule has 2 N–H and O–H groups in total. The van der Waals surface area contributed by atoms with E-state index < -0.39 is 0 Å². The largest absolute Gasteiger partial charge is 0.332 e. The molecule has 1 aliphatic heterocycles. The van der Waals surface area contributed by atoms with Crippen LogP contribution < -0.4 is 10.6 Å². The minimum atomic E-state index is -0.194. The smallest absolute Gasteiger partial charge is 0.315 e. The van der Waals surface area contributed by atoms with Gasteiger partial charge in [-0.1, -0.05) is 13.0 Å². The number of urea groups is 1. The first-order chi connectivity index (χ1) is 11.2. The number of hydrogen-bond donors (Lipinski definition) is 2. The van der Waals surface area contributed by atoms with Crippen molar-refractivity contribution in [3.8, 4) is 0 Å². The van der Waals surface area contributed by atoms with Gasteiger partial charge in [-0.25, -0.2) is 14.5 Å². The Bertz CT molecular complexity index is 668. The highest BCUT2D eigenvalue weighted by Gasteiger charge is 2.25. The van der Waals surface area contributed by atoms with Crippen molar-refractivity contribution in [1.82, 2.24) is 30.4 Å². The Morgan fingerprint density at radius 3 is 3.13 bits per heavy atom. The van der Waals surface area contributed by atoms with Crippen molar-refractivity contribution in [2.24, 2.45) is 0 Å². The monoisotopic (exact) mass is 314 g/mol. The number of pyridine rings is 1. The van der Waals surface area contributed by atoms with Crippen LogP contribution in [0.2, 0.25) is 0 Å². The van der Waals surface area contributed by atoms with E-state index in [0.717, 1.165) is 43.0 Å². The summed E-state index contributed by atoms with van der Waals surface area (Å²) in [6.07, 6.45) is 6.16. The minimum absolute atomic E-state index is 0.0855. The molecule has 0 aliphatic carbocycles. The van der Waals surface area contributed by atoms with E-state index >= 15 is 0 Å². The zero-order valence-electron chi connectivity index (χ0n) is 13.5. The van der Waals surface area contributed by atoms with Gasteiger partial charge in [0.15, 0.2) is 5.82 Å². The molecule has 0 unspecified atom stereocenters. The SMILES string of the molecule is CCc1nc2n(n1)CCC[C@@H]2NC(=O)N[C@@H](C)c1cccnc1. The van der Waals surface area contributed by atoms with E-state index in [4.69, 9.17) is 0 Å². The number of rotatable bonds is 4. The molecule has 0 aromatic carbocycles. The highest BCUT2D eigenvalue weighted by atomic mass is 16.2. The van der Waals surface area contributed by atoms with Gasteiger partial charge in [0.05, 0.1) is 12.1 Å². The summed E-state index contributed by atoms with van der Waals surface area (Å²) in [4.78, 5) is 20.9. The number of carbonyl (C=O) groups excluding carboxylic acids is 1. The zero-order chi connectivity index (χ0) is 16.2. The van der Waals surface area contributed by atoms with Gasteiger partial charge in [0.1, 0.15) is 5.82 Å². The predicted octanol–water partition coefficient (Wildman–Crippen LogP) is 2.13. The molecule has 2 aromatic rings. The molecule has 0 fully saturated rings. The van der Waals surface area contributed by atoms with Crippen LogP contribution in [-0.2, 0) is 13.0 Å². The van der Waals surface area contributed by atoms with Crippen molar-refractivity contribution in [3.63, 3.8) is 0 Å². The lowest BCUT2D eigenvalue weighted by Crippen LogP contribution is -2.41. The summed E-state index contributed by atoms with van der Waals surface area (Å²) in [6, 6.07) is 3.43. The van der Waals surface area contributed by atoms with E-state index in [1.807, 2.05) is 30.7 Å². The summed E-state index contributed by atoms with van der Waals surface area (Å²) in [5.41, 5.74) is 0.975. The molecule has 2 amide bonds. The van der Waals surface area contributed by atoms with E-state index in [-0.39, 0.29) is 18.1 Å². The molecular formula is C16H22N6O. The second kappa shape index (κ2) is 6.76. The van der Waals surface area contributed by atoms with Crippen LogP contribution in [0.25, 0.3) is 0 Å². The van der Waals surface area contributed by atoms with E-state index in [1.54, 1.807) is 12.4 Å². The quantitative estimate of drug-likeness (QED) is 0.905. The van der Waals surface area contributed by atoms with Gasteiger partial charge in [0.25, 0.3) is 0 Å². The Labute approximate surface area is 135 Å². The average Bonchev–Trinajstić information content (AvgIpc) is 3.00. The average molecular weight is 314 g/mol. The number of aromatic nitrogens is 4. The topological polar surface area (TPSA) is 84.7 Å². The first-order valence-corrected chi connectivity index (χ1v) is 8.08. The third-order valence-electron chi connectivity index (χ3n) is 4.07. The number of carbonyl (C=O) groups is 1. The van der Waals surface area contributed by atoms with Crippen LogP contribution in [0.1, 0.15) is 56.0 Å². The molecule has 1 aliphatic rings. The minimum Gasteiger partial charge on any atom is -0.332 e. The number of nitrogens with one attached hydrogen (secondary N) is 2. The van der Waals surface area contributed by atoms with E-state index in [0.29, 0.717) is 0 Å². The lowest BCUT2D eigenvalue weighted by molar-refractivity contribution is 0.229. The molecule has 0 saturated heterocycles. The Morgan fingerprint density at radius 1 is 1.52 bits per heavy atom. The fraction of sp³-hybridized carbons (Fsp3) is 0.500. The Morgan fingerprint density at radius 2 is 2.39 bits per heavy atom. The van der Waals surface area contributed by atoms with Crippen LogP contribution in [0.5, 0.6) is 0 Å². The van der Waals surface area contributed by atoms with Crippen molar-refractivity contribution < 1.29 is 4.79 Å². The molecule has 3 heterocycles. The molecule has 0 radical (unpaired) electrons. The number of nitrogens with zero attached hydrogens (tertiary/aromatic N) is 4. The van der Waals surface area contributed by atoms with Gasteiger partial charge < -0.3 is 10.6 Å². The maximum atomic E-state index is 12.3. The van der Waals surface area contributed by atoms with Gasteiger partial charge in [-0.3, -0.25) is 4.98 Å². The molecule has 7 heteroatoms. The molecule has 0 spiro atoms. The summed E-state index contributed by atoms with van der Waals surface area (Å²) in [5.74, 6) is 1.69. The fourth-order valence-corrected chi connectivity index (χ4v) is 2.80. The van der Waals surface area contributed by atoms with E-state index in [9.17, 15) is 4.79 Å². The van der Waals surface area contributed by atoms with Crippen LogP contribution in [0.4, 0.5) is 4.79 Å². The van der Waals surface area contributed by atoms with Crippen LogP contribution >= 0.6 is 0 Å². The second-order valence-electron chi connectivity index (χ2n) is 5.78. The highest BCUT2D eigenvalue weighted by molar-refractivity contribution is 5.74. The van der Waals surface area contributed by atoms with Crippen molar-refractivity contribution >= 4 is 6.03 Å². The normalized spacial score (nSPS) is 18.1. The lowest BCUT2D eigenvalue weighted by atomic mass is 10.1. The van der Waals surface area contributed by atoms with Crippen molar-refractivity contribution in [3.05, 3.63) is 41.7 Å². The lowest BCUT2D eigenvalue weighted by Gasteiger charge is -2.24. The standard InChI is InChI=1S/C16H22N6O/c1-3-14-20-15-13(7-5-9-22(15)21-14)19-16(23)18-11(2)12-6-4-8-17-10-12/h4,6,8,10-11,13H,3,5,7,9H2,1-2H3,(H2,18,19,23)/t11-,13-/m0/s1. The summed E-state index contributed by atoms with van der Waals surface area (Å²) < 4.78 is 1.91. The van der Waals surface area contributed by atoms with Gasteiger partial charge >= 0.3 is 6.03 Å². The summed E-state index contributed by atoms with van der Waals surface area (Å²) in [6.45, 7) is 4.84. The van der Waals surface area contributed by atoms with Gasteiger partial charge in [0.2, 0.25) is 0 Å². The van der Waals surface area contributed by atoms with E-state index in [2.05, 4.69) is 25.7 Å². The molecule has 23 heavy (non-hydrogen) atoms. The second-order valence-corrected chi connectivity index (χ2v) is 5.78. The maximum absolute atomic E-state index is 12.3. The zero-order valence-corrected chi connectivity index (χ0v) is 13.5. The first-order valence-electron chi connectivity index (χ1n) is 8.08. The number of aryl methyl sites for hydroxylation is 2. The molecule has 0 saturated carbocycles. The Balaban J connectivity index is 1.64. The van der Waals surface area contributed by atoms with Crippen LogP contribution in [0, 0.1) is 0 Å². The number of hydrogen-bond acceptors (Lipinski definition) is 4. The highest BCUT2D eigenvalue weighted by Crippen LogP contribution is 2.23. The van der Waals surface area contributed by atoms with Gasteiger partial charge in [-0.2, -0.15) is 5.10 Å². The van der Waals surface area contributed by atoms with Crippen molar-refractivity contribution in [2.45, 2.75) is 51.7 Å². The number of fused-ring (bicyclic) bond motifs is 1. The molecular weight excluding hydrogens is 292 g/mol. The van der Waals surface area contributed by atoms with Gasteiger partial charge in [0, 0.05) is 25.4 Å². The molecule has 0 bridgehead atoms. The van der Waals surface area contributed by atoms with Crippen molar-refractivity contribution in [2.75, 3.05) is 0 Å². The Kier molecular flexibility index (Phi) is 4.55. The maximum Gasteiger partial charge on any atom is 0.315 e. The summed E-state index contributed by atoms with van der Waals surface area (Å²) >= 11 is 0. The van der Waals surface area contributed by atoms with Crippen LogP contribution in [-0.4, -0.2) is 25.8 Å². The third kappa shape index (κ3) is 3.49. The molecule has 122 valence electrons. The van der Waals surface area contributed by atoms with Gasteiger partial charge in [-0.05, 0) is 31.4 Å². The van der Waals surface area contributed by atoms with E-state index in [1.165, 1.54) is 0 Å². The molecule has 7 nitrogen and oxygen atoms in total. The molecule has 3 rings (SSSR count). The predicted molar refractivity (Wildman–Crippen MR) is 85.7 cm³/mol. The number of amides is 2. The first kappa shape index (κ1) is 15.5. The molecule has 2 aromatic heterocycles. The Hall–Kier alpha value is -2.44. The fourth-order valence-electron chi connectivity index (χ4n) is 2.80. The molecule has 2 atom stereocenters. The van der Waals surface area contributed by atoms with Crippen LogP contribution in [0.3, 0.4) is 0 Å². The van der Waals surface area contributed by atoms with Crippen LogP contribution in [0.15, 0.2) is 24.5 Å². The summed E-state index contributed by atoms with van der Waals surface area (Å²) in [5, 5.41) is 10.4. The van der Waals surface area contributed by atoms with Gasteiger partial charge in [-0.15, -0.1) is 0 Å².